The van der Waals surface area contributed by atoms with Crippen molar-refractivity contribution >= 4 is 34.4 Å². The van der Waals surface area contributed by atoms with E-state index in [4.69, 9.17) is 21.1 Å². The minimum absolute atomic E-state index is 0.179. The number of halogens is 1. The number of ether oxygens (including phenoxy) is 2. The zero-order valence-electron chi connectivity index (χ0n) is 15.3. The average Bonchev–Trinajstić information content (AvgIpc) is 3.03. The molecule has 0 spiro atoms. The molecule has 8 heteroatoms. The Morgan fingerprint density at radius 2 is 1.86 bits per heavy atom. The lowest BCUT2D eigenvalue weighted by atomic mass is 10.0. The van der Waals surface area contributed by atoms with E-state index in [1.807, 2.05) is 12.1 Å². The zero-order valence-corrected chi connectivity index (χ0v) is 16.0. The first-order valence-electron chi connectivity index (χ1n) is 8.45. The molecule has 1 atom stereocenters. The van der Waals surface area contributed by atoms with Crippen molar-refractivity contribution in [3.05, 3.63) is 58.7 Å². The molecular formula is C20H19ClN2O5. The SMILES string of the molecule is COc1ccc(C(CC(=O)O)NC(=O)c2[nH]c3ccccc3c2Cl)cc1OC. The van der Waals surface area contributed by atoms with Crippen LogP contribution < -0.4 is 14.8 Å². The molecule has 0 aliphatic rings. The summed E-state index contributed by atoms with van der Waals surface area (Å²) in [6, 6.07) is 11.4. The van der Waals surface area contributed by atoms with Crippen LogP contribution in [-0.2, 0) is 4.79 Å². The number of carboxylic acids is 1. The van der Waals surface area contributed by atoms with Crippen LogP contribution >= 0.6 is 11.6 Å². The number of carbonyl (C=O) groups excluding carboxylic acids is 1. The van der Waals surface area contributed by atoms with Crippen LogP contribution in [0.4, 0.5) is 0 Å². The van der Waals surface area contributed by atoms with Crippen molar-refractivity contribution in [3.63, 3.8) is 0 Å². The molecule has 146 valence electrons. The number of nitrogens with one attached hydrogen (secondary N) is 2. The van der Waals surface area contributed by atoms with E-state index in [1.54, 1.807) is 30.3 Å². The van der Waals surface area contributed by atoms with E-state index in [-0.39, 0.29) is 17.1 Å². The Morgan fingerprint density at radius 3 is 2.50 bits per heavy atom. The molecule has 0 fully saturated rings. The number of hydrogen-bond donors (Lipinski definition) is 3. The Bertz CT molecular complexity index is 1030. The van der Waals surface area contributed by atoms with Gasteiger partial charge in [0.2, 0.25) is 0 Å². The number of fused-ring (bicyclic) bond motifs is 1. The maximum Gasteiger partial charge on any atom is 0.305 e. The normalized spacial score (nSPS) is 11.8. The molecule has 0 saturated heterocycles. The standard InChI is InChI=1S/C20H19ClN2O5/c1-27-15-8-7-11(9-16(15)28-2)14(10-17(24)25)23-20(26)19-18(21)12-5-3-4-6-13(12)22-19/h3-9,14,22H,10H2,1-2H3,(H,23,26)(H,24,25). The van der Waals surface area contributed by atoms with Gasteiger partial charge in [0, 0.05) is 10.9 Å². The van der Waals surface area contributed by atoms with Gasteiger partial charge in [-0.15, -0.1) is 0 Å². The lowest BCUT2D eigenvalue weighted by Gasteiger charge is -2.19. The highest BCUT2D eigenvalue weighted by Crippen LogP contribution is 2.32. The number of carbonyl (C=O) groups is 2. The lowest BCUT2D eigenvalue weighted by molar-refractivity contribution is -0.137. The zero-order chi connectivity index (χ0) is 20.3. The Morgan fingerprint density at radius 1 is 1.14 bits per heavy atom. The van der Waals surface area contributed by atoms with Crippen LogP contribution in [0.2, 0.25) is 5.02 Å². The summed E-state index contributed by atoms with van der Waals surface area (Å²) in [5.41, 5.74) is 1.47. The number of H-pyrrole nitrogens is 1. The van der Waals surface area contributed by atoms with E-state index < -0.39 is 17.9 Å². The molecule has 1 unspecified atom stereocenters. The number of benzene rings is 2. The third kappa shape index (κ3) is 3.89. The first kappa shape index (κ1) is 19.6. The summed E-state index contributed by atoms with van der Waals surface area (Å²) >= 11 is 6.33. The van der Waals surface area contributed by atoms with Gasteiger partial charge in [-0.1, -0.05) is 35.9 Å². The van der Waals surface area contributed by atoms with Gasteiger partial charge in [-0.25, -0.2) is 0 Å². The molecule has 1 aromatic heterocycles. The minimum Gasteiger partial charge on any atom is -0.493 e. The number of carboxylic acid groups (broad SMARTS) is 1. The molecule has 0 saturated carbocycles. The molecule has 3 aromatic rings. The molecule has 0 bridgehead atoms. The van der Waals surface area contributed by atoms with E-state index in [1.165, 1.54) is 14.2 Å². The van der Waals surface area contributed by atoms with Gasteiger partial charge in [0.05, 0.1) is 31.7 Å². The van der Waals surface area contributed by atoms with Crippen LogP contribution in [0.3, 0.4) is 0 Å². The second kappa shape index (κ2) is 8.22. The summed E-state index contributed by atoms with van der Waals surface area (Å²) in [7, 11) is 2.99. The average molecular weight is 403 g/mol. The van der Waals surface area contributed by atoms with E-state index >= 15 is 0 Å². The van der Waals surface area contributed by atoms with Crippen molar-refractivity contribution < 1.29 is 24.2 Å². The minimum atomic E-state index is -1.05. The quantitative estimate of drug-likeness (QED) is 0.558. The highest BCUT2D eigenvalue weighted by molar-refractivity contribution is 6.38. The monoisotopic (exact) mass is 402 g/mol. The maximum atomic E-state index is 12.8. The van der Waals surface area contributed by atoms with Crippen LogP contribution in [0, 0.1) is 0 Å². The molecule has 7 nitrogen and oxygen atoms in total. The molecule has 3 N–H and O–H groups in total. The van der Waals surface area contributed by atoms with Gasteiger partial charge in [0.1, 0.15) is 5.69 Å². The largest absolute Gasteiger partial charge is 0.493 e. The topological polar surface area (TPSA) is 101 Å². The number of rotatable bonds is 7. The van der Waals surface area contributed by atoms with Gasteiger partial charge in [-0.3, -0.25) is 9.59 Å². The Balaban J connectivity index is 1.93. The lowest BCUT2D eigenvalue weighted by Crippen LogP contribution is -2.30. The number of amides is 1. The highest BCUT2D eigenvalue weighted by Gasteiger charge is 2.23. The number of aromatic nitrogens is 1. The van der Waals surface area contributed by atoms with Crippen molar-refractivity contribution in [1.82, 2.24) is 10.3 Å². The molecule has 0 radical (unpaired) electrons. The third-order valence-corrected chi connectivity index (χ3v) is 4.76. The second-order valence-electron chi connectivity index (χ2n) is 6.10. The van der Waals surface area contributed by atoms with Crippen LogP contribution in [0.5, 0.6) is 11.5 Å². The molecule has 0 aliphatic heterocycles. The van der Waals surface area contributed by atoms with Crippen molar-refractivity contribution in [2.75, 3.05) is 14.2 Å². The van der Waals surface area contributed by atoms with Gasteiger partial charge in [-0.05, 0) is 23.8 Å². The van der Waals surface area contributed by atoms with Crippen molar-refractivity contribution in [1.29, 1.82) is 0 Å². The molecular weight excluding hydrogens is 384 g/mol. The summed E-state index contributed by atoms with van der Waals surface area (Å²) in [5, 5.41) is 13.0. The first-order valence-corrected chi connectivity index (χ1v) is 8.83. The third-order valence-electron chi connectivity index (χ3n) is 4.36. The van der Waals surface area contributed by atoms with E-state index in [0.29, 0.717) is 17.1 Å². The summed E-state index contributed by atoms with van der Waals surface area (Å²) in [5.74, 6) is -0.608. The molecule has 3 rings (SSSR count). The smallest absolute Gasteiger partial charge is 0.305 e. The number of para-hydroxylation sites is 1. The Kier molecular flexibility index (Phi) is 5.75. The van der Waals surface area contributed by atoms with Crippen LogP contribution in [0.25, 0.3) is 10.9 Å². The predicted octanol–water partition coefficient (Wildman–Crippen LogP) is 3.78. The summed E-state index contributed by atoms with van der Waals surface area (Å²) in [4.78, 5) is 27.1. The molecule has 2 aromatic carbocycles. The maximum absolute atomic E-state index is 12.8. The number of aromatic amines is 1. The second-order valence-corrected chi connectivity index (χ2v) is 6.48. The fraction of sp³-hybridized carbons (Fsp3) is 0.200. The molecule has 28 heavy (non-hydrogen) atoms. The molecule has 0 aliphatic carbocycles. The van der Waals surface area contributed by atoms with Gasteiger partial charge < -0.3 is 24.9 Å². The highest BCUT2D eigenvalue weighted by atomic mass is 35.5. The van der Waals surface area contributed by atoms with E-state index in [9.17, 15) is 14.7 Å². The fourth-order valence-corrected chi connectivity index (χ4v) is 3.29. The number of methoxy groups -OCH3 is 2. The predicted molar refractivity (Wildman–Crippen MR) is 105 cm³/mol. The van der Waals surface area contributed by atoms with Crippen molar-refractivity contribution in [2.24, 2.45) is 0 Å². The van der Waals surface area contributed by atoms with Gasteiger partial charge in [0.15, 0.2) is 11.5 Å². The number of aliphatic carboxylic acids is 1. The van der Waals surface area contributed by atoms with E-state index in [2.05, 4.69) is 10.3 Å². The summed E-state index contributed by atoms with van der Waals surface area (Å²) in [6.07, 6.45) is -0.306. The number of hydrogen-bond acceptors (Lipinski definition) is 4. The Hall–Kier alpha value is -3.19. The van der Waals surface area contributed by atoms with Gasteiger partial charge in [0.25, 0.3) is 5.91 Å². The van der Waals surface area contributed by atoms with Crippen molar-refractivity contribution in [2.45, 2.75) is 12.5 Å². The van der Waals surface area contributed by atoms with Gasteiger partial charge in [-0.2, -0.15) is 0 Å². The first-order chi connectivity index (χ1) is 13.4. The van der Waals surface area contributed by atoms with Crippen molar-refractivity contribution in [3.8, 4) is 11.5 Å². The van der Waals surface area contributed by atoms with Gasteiger partial charge >= 0.3 is 5.97 Å². The fourth-order valence-electron chi connectivity index (χ4n) is 2.99. The summed E-state index contributed by atoms with van der Waals surface area (Å²) in [6.45, 7) is 0. The van der Waals surface area contributed by atoms with Crippen LogP contribution in [0.15, 0.2) is 42.5 Å². The van der Waals surface area contributed by atoms with E-state index in [0.717, 1.165) is 10.9 Å². The molecule has 1 heterocycles. The summed E-state index contributed by atoms with van der Waals surface area (Å²) < 4.78 is 10.5. The van der Waals surface area contributed by atoms with Crippen LogP contribution in [0.1, 0.15) is 28.5 Å². The molecule has 1 amide bonds. The Labute approximate surface area is 166 Å². The van der Waals surface area contributed by atoms with Crippen LogP contribution in [-0.4, -0.2) is 36.2 Å².